The Morgan fingerprint density at radius 3 is 2.75 bits per heavy atom. The van der Waals surface area contributed by atoms with E-state index in [1.54, 1.807) is 0 Å². The molecule has 1 fully saturated rings. The lowest BCUT2D eigenvalue weighted by Crippen LogP contribution is -2.34. The van der Waals surface area contributed by atoms with Gasteiger partial charge in [-0.3, -0.25) is 0 Å². The number of aliphatic hydroxyl groups is 1. The molecule has 0 aromatic rings. The average molecular weight is 172 g/mol. The second-order valence-electron chi connectivity index (χ2n) is 3.47. The zero-order valence-corrected chi connectivity index (χ0v) is 7.68. The van der Waals surface area contributed by atoms with Crippen molar-refractivity contribution >= 4 is 0 Å². The molecular weight excluding hydrogens is 152 g/mol. The van der Waals surface area contributed by atoms with Gasteiger partial charge in [0.2, 0.25) is 0 Å². The van der Waals surface area contributed by atoms with Crippen LogP contribution >= 0.6 is 0 Å². The van der Waals surface area contributed by atoms with Crippen LogP contribution in [0.1, 0.15) is 19.3 Å². The Kier molecular flexibility index (Phi) is 5.32. The smallest absolute Gasteiger partial charge is 0.0443 e. The highest BCUT2D eigenvalue weighted by molar-refractivity contribution is 4.70. The molecule has 3 N–H and O–H groups in total. The van der Waals surface area contributed by atoms with E-state index < -0.39 is 0 Å². The van der Waals surface area contributed by atoms with Gasteiger partial charge in [-0.1, -0.05) is 0 Å². The van der Waals surface area contributed by atoms with E-state index in [1.807, 2.05) is 0 Å². The van der Waals surface area contributed by atoms with Crippen molar-refractivity contribution in [3.8, 4) is 0 Å². The van der Waals surface area contributed by atoms with E-state index in [0.717, 1.165) is 25.4 Å². The second-order valence-corrected chi connectivity index (χ2v) is 3.47. The molecule has 0 amide bonds. The molecule has 0 saturated carbocycles. The van der Waals surface area contributed by atoms with Gasteiger partial charge in [0, 0.05) is 6.61 Å². The van der Waals surface area contributed by atoms with Gasteiger partial charge in [-0.05, 0) is 51.4 Å². The van der Waals surface area contributed by atoms with Gasteiger partial charge in [-0.2, -0.15) is 0 Å². The summed E-state index contributed by atoms with van der Waals surface area (Å²) in [6.07, 6.45) is 3.48. The van der Waals surface area contributed by atoms with Crippen LogP contribution in [0.4, 0.5) is 0 Å². The Balaban J connectivity index is 1.91. The maximum atomic E-state index is 8.55. The fourth-order valence-electron chi connectivity index (χ4n) is 1.60. The second kappa shape index (κ2) is 6.40. The van der Waals surface area contributed by atoms with E-state index in [-0.39, 0.29) is 0 Å². The van der Waals surface area contributed by atoms with Crippen LogP contribution in [-0.4, -0.2) is 37.9 Å². The van der Waals surface area contributed by atoms with Crippen LogP contribution in [0.2, 0.25) is 0 Å². The Morgan fingerprint density at radius 1 is 1.33 bits per heavy atom. The summed E-state index contributed by atoms with van der Waals surface area (Å²) in [6.45, 7) is 4.74. The number of rotatable bonds is 5. The van der Waals surface area contributed by atoms with Gasteiger partial charge in [0.15, 0.2) is 0 Å². The zero-order valence-electron chi connectivity index (χ0n) is 7.68. The van der Waals surface area contributed by atoms with Crippen LogP contribution in [0.25, 0.3) is 0 Å². The number of hydrogen-bond donors (Lipinski definition) is 3. The van der Waals surface area contributed by atoms with Gasteiger partial charge in [-0.25, -0.2) is 0 Å². The topological polar surface area (TPSA) is 44.3 Å². The molecule has 1 aliphatic heterocycles. The molecule has 0 unspecified atom stereocenters. The number of nitrogens with one attached hydrogen (secondary N) is 2. The fourth-order valence-corrected chi connectivity index (χ4v) is 1.60. The Bertz CT molecular complexity index is 103. The average Bonchev–Trinajstić information content (AvgIpc) is 2.14. The van der Waals surface area contributed by atoms with Crippen LogP contribution in [0.3, 0.4) is 0 Å². The molecule has 0 spiro atoms. The van der Waals surface area contributed by atoms with E-state index in [1.165, 1.54) is 25.9 Å². The van der Waals surface area contributed by atoms with Gasteiger partial charge >= 0.3 is 0 Å². The Morgan fingerprint density at radius 2 is 2.08 bits per heavy atom. The number of aliphatic hydroxyl groups excluding tert-OH is 1. The number of piperidine rings is 1. The normalized spacial score (nSPS) is 19.8. The van der Waals surface area contributed by atoms with Crippen LogP contribution in [0.15, 0.2) is 0 Å². The van der Waals surface area contributed by atoms with Crippen LogP contribution in [0.5, 0.6) is 0 Å². The molecule has 3 heteroatoms. The molecule has 0 bridgehead atoms. The van der Waals surface area contributed by atoms with Gasteiger partial charge in [0.25, 0.3) is 0 Å². The summed E-state index contributed by atoms with van der Waals surface area (Å²) in [7, 11) is 0. The zero-order chi connectivity index (χ0) is 8.65. The van der Waals surface area contributed by atoms with Gasteiger partial charge in [-0.15, -0.1) is 0 Å². The molecule has 1 saturated heterocycles. The monoisotopic (exact) mass is 172 g/mol. The molecule has 0 aliphatic carbocycles. The quantitative estimate of drug-likeness (QED) is 0.510. The van der Waals surface area contributed by atoms with Crippen molar-refractivity contribution in [2.45, 2.75) is 19.3 Å². The highest BCUT2D eigenvalue weighted by atomic mass is 16.3. The van der Waals surface area contributed by atoms with Crippen molar-refractivity contribution in [3.05, 3.63) is 0 Å². The third-order valence-electron chi connectivity index (χ3n) is 2.40. The molecule has 3 nitrogen and oxygen atoms in total. The molecule has 1 aliphatic rings. The van der Waals surface area contributed by atoms with Crippen LogP contribution in [-0.2, 0) is 0 Å². The largest absolute Gasteiger partial charge is 0.396 e. The predicted octanol–water partition coefficient (Wildman–Crippen LogP) is -0.0420. The van der Waals surface area contributed by atoms with Crippen LogP contribution in [0, 0.1) is 5.92 Å². The summed E-state index contributed by atoms with van der Waals surface area (Å²) in [4.78, 5) is 0. The maximum absolute atomic E-state index is 8.55. The van der Waals surface area contributed by atoms with E-state index in [0.29, 0.717) is 6.61 Å². The lowest BCUT2D eigenvalue weighted by molar-refractivity contribution is 0.281. The minimum Gasteiger partial charge on any atom is -0.396 e. The standard InChI is InChI=1S/C9H20N2O/c12-7-1-4-11-8-9-2-5-10-6-3-9/h9-12H,1-8H2. The van der Waals surface area contributed by atoms with Crippen molar-refractivity contribution < 1.29 is 5.11 Å². The summed E-state index contributed by atoms with van der Waals surface area (Å²) in [5, 5.41) is 15.3. The molecule has 0 aromatic heterocycles. The minimum absolute atomic E-state index is 0.305. The highest BCUT2D eigenvalue weighted by Gasteiger charge is 2.11. The van der Waals surface area contributed by atoms with Gasteiger partial charge in [0.05, 0.1) is 0 Å². The molecular formula is C9H20N2O. The highest BCUT2D eigenvalue weighted by Crippen LogP contribution is 2.09. The molecule has 12 heavy (non-hydrogen) atoms. The Hall–Kier alpha value is -0.120. The molecule has 0 atom stereocenters. The number of hydrogen-bond acceptors (Lipinski definition) is 3. The van der Waals surface area contributed by atoms with Crippen molar-refractivity contribution in [3.63, 3.8) is 0 Å². The molecule has 1 rings (SSSR count). The summed E-state index contributed by atoms with van der Waals surface area (Å²) in [6, 6.07) is 0. The Labute approximate surface area is 74.5 Å². The van der Waals surface area contributed by atoms with Crippen LogP contribution < -0.4 is 10.6 Å². The summed E-state index contributed by atoms with van der Waals surface area (Å²) < 4.78 is 0. The summed E-state index contributed by atoms with van der Waals surface area (Å²) in [5.41, 5.74) is 0. The van der Waals surface area contributed by atoms with E-state index in [2.05, 4.69) is 10.6 Å². The lowest BCUT2D eigenvalue weighted by Gasteiger charge is -2.22. The van der Waals surface area contributed by atoms with Crippen molar-refractivity contribution in [2.75, 3.05) is 32.8 Å². The molecule has 72 valence electrons. The minimum atomic E-state index is 0.305. The molecule has 0 radical (unpaired) electrons. The van der Waals surface area contributed by atoms with Crippen molar-refractivity contribution in [2.24, 2.45) is 5.92 Å². The third-order valence-corrected chi connectivity index (χ3v) is 2.40. The third kappa shape index (κ3) is 4.04. The first-order chi connectivity index (χ1) is 5.93. The van der Waals surface area contributed by atoms with E-state index in [9.17, 15) is 0 Å². The first-order valence-corrected chi connectivity index (χ1v) is 4.96. The maximum Gasteiger partial charge on any atom is 0.0443 e. The summed E-state index contributed by atoms with van der Waals surface area (Å²) >= 11 is 0. The van der Waals surface area contributed by atoms with E-state index >= 15 is 0 Å². The lowest BCUT2D eigenvalue weighted by atomic mass is 9.98. The van der Waals surface area contributed by atoms with Gasteiger partial charge in [0.1, 0.15) is 0 Å². The fraction of sp³-hybridized carbons (Fsp3) is 1.00. The first kappa shape index (κ1) is 9.96. The van der Waals surface area contributed by atoms with Crippen molar-refractivity contribution in [1.82, 2.24) is 10.6 Å². The molecule has 1 heterocycles. The SMILES string of the molecule is OCCCNCC1CCNCC1. The van der Waals surface area contributed by atoms with Gasteiger partial charge < -0.3 is 15.7 Å². The van der Waals surface area contributed by atoms with Crippen molar-refractivity contribution in [1.29, 1.82) is 0 Å². The first-order valence-electron chi connectivity index (χ1n) is 4.96. The van der Waals surface area contributed by atoms with E-state index in [4.69, 9.17) is 5.11 Å². The predicted molar refractivity (Wildman–Crippen MR) is 50.2 cm³/mol. The summed E-state index contributed by atoms with van der Waals surface area (Å²) in [5.74, 6) is 0.852. The molecule has 0 aromatic carbocycles.